The number of halogens is 2. The van der Waals surface area contributed by atoms with Crippen LogP contribution < -0.4 is 5.73 Å². The van der Waals surface area contributed by atoms with E-state index in [1.54, 1.807) is 12.1 Å². The highest BCUT2D eigenvalue weighted by Gasteiger charge is 1.96. The smallest absolute Gasteiger partial charge is 0.123 e. The minimum absolute atomic E-state index is 0.255. The summed E-state index contributed by atoms with van der Waals surface area (Å²) in [4.78, 5) is 0. The van der Waals surface area contributed by atoms with E-state index in [9.17, 15) is 4.39 Å². The molecule has 0 radical (unpaired) electrons. The SMILES string of the molecule is Nc1ccc(I)c(C#Cc2ccc(F)cc2)c1. The minimum atomic E-state index is -0.255. The molecule has 1 nitrogen and oxygen atoms in total. The highest BCUT2D eigenvalue weighted by Crippen LogP contribution is 2.14. The van der Waals surface area contributed by atoms with Gasteiger partial charge in [0.1, 0.15) is 5.82 Å². The van der Waals surface area contributed by atoms with E-state index in [0.29, 0.717) is 5.69 Å². The molecule has 0 amide bonds. The highest BCUT2D eigenvalue weighted by molar-refractivity contribution is 14.1. The summed E-state index contributed by atoms with van der Waals surface area (Å²) in [6, 6.07) is 11.7. The van der Waals surface area contributed by atoms with Gasteiger partial charge in [-0.2, -0.15) is 0 Å². The van der Waals surface area contributed by atoms with Gasteiger partial charge in [-0.25, -0.2) is 4.39 Å². The van der Waals surface area contributed by atoms with Crippen LogP contribution in [0, 0.1) is 21.2 Å². The molecule has 0 unspecified atom stereocenters. The first-order valence-electron chi connectivity index (χ1n) is 4.98. The van der Waals surface area contributed by atoms with Crippen LogP contribution in [0.3, 0.4) is 0 Å². The number of hydrogen-bond acceptors (Lipinski definition) is 1. The van der Waals surface area contributed by atoms with E-state index in [4.69, 9.17) is 5.73 Å². The third-order valence-electron chi connectivity index (χ3n) is 2.18. The van der Waals surface area contributed by atoms with Gasteiger partial charge < -0.3 is 5.73 Å². The average Bonchev–Trinajstić information content (AvgIpc) is 2.32. The quantitative estimate of drug-likeness (QED) is 0.445. The summed E-state index contributed by atoms with van der Waals surface area (Å²) < 4.78 is 13.7. The number of hydrogen-bond donors (Lipinski definition) is 1. The predicted molar refractivity (Wildman–Crippen MR) is 76.0 cm³/mol. The Morgan fingerprint density at radius 3 is 2.41 bits per heavy atom. The molecule has 0 bridgehead atoms. The predicted octanol–water partition coefficient (Wildman–Crippen LogP) is 3.41. The lowest BCUT2D eigenvalue weighted by Crippen LogP contribution is -1.88. The van der Waals surface area contributed by atoms with Crippen molar-refractivity contribution < 1.29 is 4.39 Å². The Hall–Kier alpha value is -1.54. The number of nitrogen functional groups attached to an aromatic ring is 1. The number of nitrogens with two attached hydrogens (primary N) is 1. The summed E-state index contributed by atoms with van der Waals surface area (Å²) >= 11 is 2.21. The van der Waals surface area contributed by atoms with Crippen LogP contribution in [-0.4, -0.2) is 0 Å². The van der Waals surface area contributed by atoms with E-state index in [1.807, 2.05) is 18.2 Å². The second kappa shape index (κ2) is 5.19. The summed E-state index contributed by atoms with van der Waals surface area (Å²) in [7, 11) is 0. The van der Waals surface area contributed by atoms with Gasteiger partial charge in [0.15, 0.2) is 0 Å². The van der Waals surface area contributed by atoms with Gasteiger partial charge in [0.25, 0.3) is 0 Å². The molecule has 2 aromatic carbocycles. The Balaban J connectivity index is 2.32. The molecule has 0 saturated carbocycles. The maximum Gasteiger partial charge on any atom is 0.123 e. The molecule has 3 heteroatoms. The average molecular weight is 337 g/mol. The molecular weight excluding hydrogens is 328 g/mol. The van der Waals surface area contributed by atoms with Crippen molar-refractivity contribution in [2.45, 2.75) is 0 Å². The summed E-state index contributed by atoms with van der Waals surface area (Å²) in [5.74, 6) is 5.75. The fraction of sp³-hybridized carbons (Fsp3) is 0. The zero-order valence-electron chi connectivity index (χ0n) is 8.87. The van der Waals surface area contributed by atoms with Crippen molar-refractivity contribution in [1.29, 1.82) is 0 Å². The molecule has 0 fully saturated rings. The normalized spacial score (nSPS) is 9.53. The summed E-state index contributed by atoms with van der Waals surface area (Å²) in [5.41, 5.74) is 8.05. The largest absolute Gasteiger partial charge is 0.399 e. The van der Waals surface area contributed by atoms with Crippen LogP contribution in [0.5, 0.6) is 0 Å². The van der Waals surface area contributed by atoms with Crippen LogP contribution in [0.4, 0.5) is 10.1 Å². The van der Waals surface area contributed by atoms with Gasteiger partial charge in [-0.15, -0.1) is 0 Å². The van der Waals surface area contributed by atoms with Crippen molar-refractivity contribution in [1.82, 2.24) is 0 Å². The van der Waals surface area contributed by atoms with E-state index in [-0.39, 0.29) is 5.82 Å². The topological polar surface area (TPSA) is 26.0 Å². The molecule has 84 valence electrons. The van der Waals surface area contributed by atoms with Crippen molar-refractivity contribution in [2.24, 2.45) is 0 Å². The molecule has 0 atom stereocenters. The first kappa shape index (κ1) is 11.9. The Kier molecular flexibility index (Phi) is 3.64. The Morgan fingerprint density at radius 2 is 1.71 bits per heavy atom. The van der Waals surface area contributed by atoms with Gasteiger partial charge in [0.2, 0.25) is 0 Å². The minimum Gasteiger partial charge on any atom is -0.399 e. The second-order valence-electron chi connectivity index (χ2n) is 3.50. The zero-order valence-corrected chi connectivity index (χ0v) is 11.0. The van der Waals surface area contributed by atoms with Crippen molar-refractivity contribution in [2.75, 3.05) is 5.73 Å². The van der Waals surface area contributed by atoms with Crippen LogP contribution in [0.2, 0.25) is 0 Å². The zero-order chi connectivity index (χ0) is 12.3. The van der Waals surface area contributed by atoms with Crippen LogP contribution in [0.1, 0.15) is 11.1 Å². The van der Waals surface area contributed by atoms with Crippen molar-refractivity contribution >= 4 is 28.3 Å². The molecule has 2 rings (SSSR count). The second-order valence-corrected chi connectivity index (χ2v) is 4.66. The molecule has 2 aromatic rings. The summed E-state index contributed by atoms with van der Waals surface area (Å²) in [5, 5.41) is 0. The van der Waals surface area contributed by atoms with Gasteiger partial charge >= 0.3 is 0 Å². The lowest BCUT2D eigenvalue weighted by atomic mass is 10.1. The molecule has 0 heterocycles. The molecule has 2 N–H and O–H groups in total. The highest BCUT2D eigenvalue weighted by atomic mass is 127. The molecule has 0 saturated heterocycles. The molecular formula is C14H9FIN. The summed E-state index contributed by atoms with van der Waals surface area (Å²) in [6.07, 6.45) is 0. The lowest BCUT2D eigenvalue weighted by molar-refractivity contribution is 0.627. The maximum absolute atomic E-state index is 12.7. The fourth-order valence-corrected chi connectivity index (χ4v) is 1.78. The Bertz CT molecular complexity index is 594. The van der Waals surface area contributed by atoms with Gasteiger partial charge in [-0.05, 0) is 65.1 Å². The molecule has 17 heavy (non-hydrogen) atoms. The number of anilines is 1. The van der Waals surface area contributed by atoms with Crippen LogP contribution in [0.25, 0.3) is 0 Å². The molecule has 0 aliphatic rings. The van der Waals surface area contributed by atoms with E-state index in [0.717, 1.165) is 14.7 Å². The van der Waals surface area contributed by atoms with Crippen LogP contribution >= 0.6 is 22.6 Å². The van der Waals surface area contributed by atoms with Gasteiger partial charge in [0, 0.05) is 20.4 Å². The van der Waals surface area contributed by atoms with E-state index < -0.39 is 0 Å². The van der Waals surface area contributed by atoms with Crippen molar-refractivity contribution in [3.63, 3.8) is 0 Å². The standard InChI is InChI=1S/C14H9FIN/c15-12-5-2-10(3-6-12)1-4-11-9-13(17)7-8-14(11)16/h2-3,5-9H,17H2. The van der Waals surface area contributed by atoms with E-state index in [1.165, 1.54) is 12.1 Å². The number of benzene rings is 2. The molecule has 0 spiro atoms. The summed E-state index contributed by atoms with van der Waals surface area (Å²) in [6.45, 7) is 0. The molecule has 0 aliphatic carbocycles. The van der Waals surface area contributed by atoms with Gasteiger partial charge in [-0.1, -0.05) is 11.8 Å². The van der Waals surface area contributed by atoms with Gasteiger partial charge in [-0.3, -0.25) is 0 Å². The third kappa shape index (κ3) is 3.21. The van der Waals surface area contributed by atoms with E-state index in [2.05, 4.69) is 34.4 Å². The van der Waals surface area contributed by atoms with Crippen molar-refractivity contribution in [3.8, 4) is 11.8 Å². The number of rotatable bonds is 0. The molecule has 0 aromatic heterocycles. The van der Waals surface area contributed by atoms with E-state index >= 15 is 0 Å². The van der Waals surface area contributed by atoms with Crippen LogP contribution in [-0.2, 0) is 0 Å². The van der Waals surface area contributed by atoms with Crippen LogP contribution in [0.15, 0.2) is 42.5 Å². The third-order valence-corrected chi connectivity index (χ3v) is 3.12. The maximum atomic E-state index is 12.7. The van der Waals surface area contributed by atoms with Gasteiger partial charge in [0.05, 0.1) is 0 Å². The first-order chi connectivity index (χ1) is 8.15. The lowest BCUT2D eigenvalue weighted by Gasteiger charge is -1.97. The Labute approximate surface area is 113 Å². The monoisotopic (exact) mass is 337 g/mol. The molecule has 0 aliphatic heterocycles. The van der Waals surface area contributed by atoms with Crippen molar-refractivity contribution in [3.05, 3.63) is 63.0 Å². The Morgan fingerprint density at radius 1 is 1.00 bits per heavy atom. The fourth-order valence-electron chi connectivity index (χ4n) is 1.31. The first-order valence-corrected chi connectivity index (χ1v) is 6.05.